The van der Waals surface area contributed by atoms with Crippen LogP contribution in [-0.4, -0.2) is 58.6 Å². The van der Waals surface area contributed by atoms with Crippen LogP contribution in [0.2, 0.25) is 0 Å². The number of nitrogens with one attached hydrogen (secondary N) is 1. The number of aromatic nitrogens is 1. The van der Waals surface area contributed by atoms with E-state index in [1.54, 1.807) is 24.3 Å². The average molecular weight is 417 g/mol. The fourth-order valence-electron chi connectivity index (χ4n) is 3.75. The number of aliphatic hydroxyl groups is 3. The summed E-state index contributed by atoms with van der Waals surface area (Å²) in [7, 11) is 1.42. The van der Waals surface area contributed by atoms with Crippen molar-refractivity contribution in [1.29, 1.82) is 0 Å². The molecule has 1 aromatic heterocycles. The first kappa shape index (κ1) is 20.6. The minimum absolute atomic E-state index is 0.125. The highest BCUT2D eigenvalue weighted by Gasteiger charge is 2.38. The zero-order valence-corrected chi connectivity index (χ0v) is 16.4. The Balaban J connectivity index is 1.63. The van der Waals surface area contributed by atoms with Crippen molar-refractivity contribution < 1.29 is 33.9 Å². The Morgan fingerprint density at radius 3 is 2.77 bits per heavy atom. The van der Waals surface area contributed by atoms with Crippen molar-refractivity contribution in [3.8, 4) is 11.5 Å². The lowest BCUT2D eigenvalue weighted by molar-refractivity contribution is -0.240. The molecule has 7 nitrogen and oxygen atoms in total. The molecule has 0 spiro atoms. The van der Waals surface area contributed by atoms with Gasteiger partial charge in [0.05, 0.1) is 25.9 Å². The molecule has 4 N–H and O–H groups in total. The largest absolute Gasteiger partial charge is 0.494 e. The molecule has 0 radical (unpaired) electrons. The molecule has 0 aliphatic carbocycles. The van der Waals surface area contributed by atoms with E-state index in [2.05, 4.69) is 4.98 Å². The van der Waals surface area contributed by atoms with Crippen molar-refractivity contribution in [1.82, 2.24) is 4.98 Å². The molecule has 0 bridgehead atoms. The number of rotatable bonds is 6. The van der Waals surface area contributed by atoms with Crippen LogP contribution in [0.25, 0.3) is 10.9 Å². The molecule has 4 atom stereocenters. The van der Waals surface area contributed by atoms with Gasteiger partial charge in [-0.1, -0.05) is 12.1 Å². The van der Waals surface area contributed by atoms with E-state index in [0.717, 1.165) is 22.0 Å². The molecule has 0 unspecified atom stereocenters. The molecule has 1 aliphatic heterocycles. The molecule has 30 heavy (non-hydrogen) atoms. The zero-order valence-electron chi connectivity index (χ0n) is 16.4. The Morgan fingerprint density at radius 1 is 1.20 bits per heavy atom. The number of benzene rings is 2. The lowest BCUT2D eigenvalue weighted by atomic mass is 10.0. The third-order valence-electron chi connectivity index (χ3n) is 5.31. The van der Waals surface area contributed by atoms with Crippen molar-refractivity contribution in [3.05, 3.63) is 59.5 Å². The van der Waals surface area contributed by atoms with Gasteiger partial charge in [0.25, 0.3) is 0 Å². The first-order valence-electron chi connectivity index (χ1n) is 9.70. The first-order valence-corrected chi connectivity index (χ1v) is 9.70. The van der Waals surface area contributed by atoms with Gasteiger partial charge in [-0.3, -0.25) is 0 Å². The number of hydrogen-bond donors (Lipinski definition) is 4. The van der Waals surface area contributed by atoms with Gasteiger partial charge in [0.1, 0.15) is 11.9 Å². The lowest BCUT2D eigenvalue weighted by Gasteiger charge is -2.36. The highest BCUT2D eigenvalue weighted by molar-refractivity contribution is 5.89. The number of aromatic amines is 1. The van der Waals surface area contributed by atoms with Gasteiger partial charge in [0.15, 0.2) is 11.6 Å². The second-order valence-corrected chi connectivity index (χ2v) is 7.36. The molecular weight excluding hydrogens is 393 g/mol. The fraction of sp³-hybridized carbons (Fsp3) is 0.364. The van der Waals surface area contributed by atoms with Crippen molar-refractivity contribution in [2.45, 2.75) is 37.4 Å². The average Bonchev–Trinajstić information content (AvgIpc) is 3.15. The van der Waals surface area contributed by atoms with Gasteiger partial charge >= 0.3 is 0 Å². The molecule has 0 saturated carbocycles. The summed E-state index contributed by atoms with van der Waals surface area (Å²) in [6, 6.07) is 10.2. The smallest absolute Gasteiger partial charge is 0.229 e. The third-order valence-corrected chi connectivity index (χ3v) is 5.31. The Kier molecular flexibility index (Phi) is 5.92. The molecule has 0 amide bonds. The SMILES string of the molecule is COc1ccc(Cc2c[nH]c3cccc(O[C@@H]4O[C@H](CO)C[C@H](O)[C@H]4O)c23)cc1F. The summed E-state index contributed by atoms with van der Waals surface area (Å²) in [5.41, 5.74) is 2.43. The van der Waals surface area contributed by atoms with Crippen molar-refractivity contribution in [2.24, 2.45) is 0 Å². The number of hydrogen-bond acceptors (Lipinski definition) is 6. The molecular formula is C22H24FNO6. The molecule has 1 aliphatic rings. The van der Waals surface area contributed by atoms with E-state index in [-0.39, 0.29) is 18.8 Å². The predicted molar refractivity (Wildman–Crippen MR) is 107 cm³/mol. The molecule has 8 heteroatoms. The van der Waals surface area contributed by atoms with E-state index in [0.29, 0.717) is 12.2 Å². The Morgan fingerprint density at radius 2 is 2.03 bits per heavy atom. The van der Waals surface area contributed by atoms with Crippen LogP contribution in [0.5, 0.6) is 11.5 Å². The highest BCUT2D eigenvalue weighted by Crippen LogP contribution is 2.33. The van der Waals surface area contributed by atoms with Gasteiger partial charge in [-0.25, -0.2) is 4.39 Å². The van der Waals surface area contributed by atoms with Crippen LogP contribution in [0.4, 0.5) is 4.39 Å². The Bertz CT molecular complexity index is 1020. The van der Waals surface area contributed by atoms with Crippen LogP contribution >= 0.6 is 0 Å². The van der Waals surface area contributed by atoms with E-state index in [4.69, 9.17) is 14.2 Å². The summed E-state index contributed by atoms with van der Waals surface area (Å²) in [6.45, 7) is -0.285. The van der Waals surface area contributed by atoms with Crippen LogP contribution < -0.4 is 9.47 Å². The van der Waals surface area contributed by atoms with E-state index < -0.39 is 30.4 Å². The maximum atomic E-state index is 14.1. The zero-order chi connectivity index (χ0) is 21.3. The first-order chi connectivity index (χ1) is 14.5. The molecule has 2 aromatic carbocycles. The maximum Gasteiger partial charge on any atom is 0.229 e. The topological polar surface area (TPSA) is 104 Å². The van der Waals surface area contributed by atoms with Crippen molar-refractivity contribution in [2.75, 3.05) is 13.7 Å². The molecule has 3 aromatic rings. The summed E-state index contributed by atoms with van der Waals surface area (Å²) in [4.78, 5) is 3.17. The second kappa shape index (κ2) is 8.61. The minimum Gasteiger partial charge on any atom is -0.494 e. The molecule has 160 valence electrons. The van der Waals surface area contributed by atoms with Crippen molar-refractivity contribution >= 4 is 10.9 Å². The highest BCUT2D eigenvalue weighted by atomic mass is 19.1. The summed E-state index contributed by atoms with van der Waals surface area (Å²) in [6.07, 6.45) is -1.67. The minimum atomic E-state index is -1.25. The lowest BCUT2D eigenvalue weighted by Crippen LogP contribution is -2.51. The van der Waals surface area contributed by atoms with Crippen molar-refractivity contribution in [3.63, 3.8) is 0 Å². The quantitative estimate of drug-likeness (QED) is 0.490. The Labute approximate surface area is 172 Å². The van der Waals surface area contributed by atoms with Crippen LogP contribution in [0, 0.1) is 5.82 Å². The van der Waals surface area contributed by atoms with Gasteiger partial charge < -0.3 is 34.5 Å². The number of aliphatic hydroxyl groups excluding tert-OH is 3. The predicted octanol–water partition coefficient (Wildman–Crippen LogP) is 2.11. The molecule has 4 rings (SSSR count). The van der Waals surface area contributed by atoms with Gasteiger partial charge in [-0.2, -0.15) is 0 Å². The standard InChI is InChI=1S/C22H24FNO6/c1-28-18-6-5-12(8-15(18)23)7-13-10-24-16-3-2-4-19(20(13)16)30-22-21(27)17(26)9-14(11-25)29-22/h2-6,8,10,14,17,21-22,24-27H,7,9,11H2,1H3/t14-,17-,21+,22-/m0/s1. The number of methoxy groups -OCH3 is 1. The summed E-state index contributed by atoms with van der Waals surface area (Å²) in [5, 5.41) is 30.5. The van der Waals surface area contributed by atoms with Crippen LogP contribution in [0.3, 0.4) is 0 Å². The van der Waals surface area contributed by atoms with Gasteiger partial charge in [0, 0.05) is 23.5 Å². The number of fused-ring (bicyclic) bond motifs is 1. The number of halogens is 1. The van der Waals surface area contributed by atoms with Gasteiger partial charge in [-0.05, 0) is 41.8 Å². The van der Waals surface area contributed by atoms with E-state index >= 15 is 0 Å². The normalized spacial score (nSPS) is 24.2. The third kappa shape index (κ3) is 3.99. The van der Waals surface area contributed by atoms with Gasteiger partial charge in [-0.15, -0.1) is 0 Å². The second-order valence-electron chi connectivity index (χ2n) is 7.36. The van der Waals surface area contributed by atoms with Crippen LogP contribution in [0.15, 0.2) is 42.6 Å². The van der Waals surface area contributed by atoms with E-state index in [1.807, 2.05) is 12.3 Å². The summed E-state index contributed by atoms with van der Waals surface area (Å²) in [5.74, 6) is 0.198. The Hall–Kier alpha value is -2.65. The van der Waals surface area contributed by atoms with E-state index in [9.17, 15) is 19.7 Å². The molecule has 1 saturated heterocycles. The van der Waals surface area contributed by atoms with Gasteiger partial charge in [0.2, 0.25) is 6.29 Å². The molecule has 2 heterocycles. The summed E-state index contributed by atoms with van der Waals surface area (Å²) >= 11 is 0. The fourth-order valence-corrected chi connectivity index (χ4v) is 3.75. The van der Waals surface area contributed by atoms with E-state index in [1.165, 1.54) is 13.2 Å². The monoisotopic (exact) mass is 417 g/mol. The maximum absolute atomic E-state index is 14.1. The molecule has 1 fully saturated rings. The number of ether oxygens (including phenoxy) is 3. The number of H-pyrrole nitrogens is 1. The van der Waals surface area contributed by atoms with Crippen LogP contribution in [-0.2, 0) is 11.2 Å². The summed E-state index contributed by atoms with van der Waals surface area (Å²) < 4.78 is 30.6. The van der Waals surface area contributed by atoms with Crippen LogP contribution in [0.1, 0.15) is 17.5 Å².